The molecule has 3 aromatic rings. The van der Waals surface area contributed by atoms with E-state index in [1.807, 2.05) is 24.3 Å². The molecule has 2 amide bonds. The van der Waals surface area contributed by atoms with Crippen LogP contribution in [0.3, 0.4) is 0 Å². The number of nitrogens with one attached hydrogen (secondary N) is 1. The van der Waals surface area contributed by atoms with Crippen molar-refractivity contribution in [2.45, 2.75) is 25.4 Å². The Balaban J connectivity index is 1.20. The molecule has 35 heavy (non-hydrogen) atoms. The minimum absolute atomic E-state index is 0.0278. The van der Waals surface area contributed by atoms with E-state index < -0.39 is 24.0 Å². The first-order valence-electron chi connectivity index (χ1n) is 11.1. The smallest absolute Gasteiger partial charge is 0.407 e. The van der Waals surface area contributed by atoms with Crippen molar-refractivity contribution in [2.75, 3.05) is 18.2 Å². The van der Waals surface area contributed by atoms with Crippen molar-refractivity contribution < 1.29 is 24.2 Å². The number of alkyl carbamates (subject to hydrolysis) is 1. The summed E-state index contributed by atoms with van der Waals surface area (Å²) in [6.07, 6.45) is -0.561. The number of nitrogens with zero attached hydrogens (tertiary/aromatic N) is 2. The lowest BCUT2D eigenvalue weighted by atomic mass is 9.98. The van der Waals surface area contributed by atoms with Crippen LogP contribution in [0.25, 0.3) is 11.1 Å². The van der Waals surface area contributed by atoms with Gasteiger partial charge in [-0.1, -0.05) is 48.5 Å². The van der Waals surface area contributed by atoms with Crippen LogP contribution in [0, 0.1) is 6.92 Å². The fraction of sp³-hybridized carbons (Fsp3) is 0.280. The van der Waals surface area contributed by atoms with Crippen LogP contribution in [0.1, 0.15) is 37.4 Å². The van der Waals surface area contributed by atoms with E-state index in [2.05, 4.69) is 34.6 Å². The number of carbonyl (C=O) groups excluding carboxylic acids is 2. The van der Waals surface area contributed by atoms with Crippen LogP contribution in [0.5, 0.6) is 0 Å². The lowest BCUT2D eigenvalue weighted by molar-refractivity contribution is -0.140. The van der Waals surface area contributed by atoms with Crippen LogP contribution in [0.15, 0.2) is 48.5 Å². The van der Waals surface area contributed by atoms with E-state index in [1.165, 1.54) is 28.0 Å². The number of benzene rings is 2. The van der Waals surface area contributed by atoms with Gasteiger partial charge in [0.15, 0.2) is 0 Å². The highest BCUT2D eigenvalue weighted by atomic mass is 32.2. The van der Waals surface area contributed by atoms with Gasteiger partial charge in [-0.05, 0) is 29.2 Å². The van der Waals surface area contributed by atoms with E-state index in [9.17, 15) is 19.5 Å². The molecule has 0 saturated carbocycles. The van der Waals surface area contributed by atoms with Crippen LogP contribution in [0.4, 0.5) is 4.79 Å². The van der Waals surface area contributed by atoms with Crippen molar-refractivity contribution in [2.24, 2.45) is 0 Å². The number of carboxylic acid groups (broad SMARTS) is 1. The van der Waals surface area contributed by atoms with Crippen LogP contribution >= 0.6 is 23.1 Å². The maximum absolute atomic E-state index is 12.9. The molecule has 8 nitrogen and oxygen atoms in total. The summed E-state index contributed by atoms with van der Waals surface area (Å²) in [5.74, 6) is -0.766. The SMILES string of the molecule is Cc1sc(CNC(=O)OCC2c3ccccc3-c3ccccc32)nc1C(=O)N1CSC[C@H]1C(=O)O. The van der Waals surface area contributed by atoms with E-state index in [0.717, 1.165) is 22.3 Å². The Kier molecular flexibility index (Phi) is 6.48. The van der Waals surface area contributed by atoms with Crippen molar-refractivity contribution in [3.63, 3.8) is 0 Å². The average molecular weight is 510 g/mol. The molecule has 5 rings (SSSR count). The van der Waals surface area contributed by atoms with Gasteiger partial charge in [0.1, 0.15) is 23.4 Å². The van der Waals surface area contributed by atoms with Gasteiger partial charge in [-0.25, -0.2) is 14.6 Å². The molecule has 0 bridgehead atoms. The minimum atomic E-state index is -1.02. The van der Waals surface area contributed by atoms with Gasteiger partial charge in [-0.15, -0.1) is 23.1 Å². The van der Waals surface area contributed by atoms with E-state index in [1.54, 1.807) is 6.92 Å². The van der Waals surface area contributed by atoms with Crippen LogP contribution in [0.2, 0.25) is 0 Å². The van der Waals surface area contributed by atoms with Gasteiger partial charge >= 0.3 is 12.1 Å². The molecule has 180 valence electrons. The summed E-state index contributed by atoms with van der Waals surface area (Å²) in [6, 6.07) is 15.4. The number of hydrogen-bond acceptors (Lipinski definition) is 7. The number of rotatable bonds is 6. The average Bonchev–Trinajstić information content (AvgIpc) is 3.57. The molecule has 2 N–H and O–H groups in total. The van der Waals surface area contributed by atoms with Crippen LogP contribution < -0.4 is 5.32 Å². The molecule has 2 heterocycles. The number of fused-ring (bicyclic) bond motifs is 3. The molecule has 1 aromatic heterocycles. The molecular weight excluding hydrogens is 486 g/mol. The predicted molar refractivity (Wildman–Crippen MR) is 134 cm³/mol. The first-order chi connectivity index (χ1) is 16.9. The first kappa shape index (κ1) is 23.4. The van der Waals surface area contributed by atoms with Crippen molar-refractivity contribution in [1.82, 2.24) is 15.2 Å². The first-order valence-corrected chi connectivity index (χ1v) is 13.1. The molecule has 10 heteroatoms. The molecule has 0 unspecified atom stereocenters. The summed E-state index contributed by atoms with van der Waals surface area (Å²) in [4.78, 5) is 43.1. The summed E-state index contributed by atoms with van der Waals surface area (Å²) in [6.45, 7) is 2.09. The monoisotopic (exact) mass is 509 g/mol. The predicted octanol–water partition coefficient (Wildman–Crippen LogP) is 4.09. The van der Waals surface area contributed by atoms with Gasteiger partial charge in [0.25, 0.3) is 5.91 Å². The molecule has 1 atom stereocenters. The maximum atomic E-state index is 12.9. The zero-order valence-corrected chi connectivity index (χ0v) is 20.5. The molecule has 2 aromatic carbocycles. The van der Waals surface area contributed by atoms with Crippen molar-refractivity contribution in [3.05, 3.63) is 75.2 Å². The number of hydrogen-bond donors (Lipinski definition) is 2. The highest BCUT2D eigenvalue weighted by Crippen LogP contribution is 2.44. The summed E-state index contributed by atoms with van der Waals surface area (Å²) in [5.41, 5.74) is 4.83. The normalized spacial score (nSPS) is 16.6. The largest absolute Gasteiger partial charge is 0.480 e. The molecule has 1 saturated heterocycles. The summed E-state index contributed by atoms with van der Waals surface area (Å²) < 4.78 is 5.55. The molecule has 1 aliphatic heterocycles. The molecule has 0 radical (unpaired) electrons. The lowest BCUT2D eigenvalue weighted by Crippen LogP contribution is -2.42. The molecule has 1 aliphatic carbocycles. The Hall–Kier alpha value is -3.37. The van der Waals surface area contributed by atoms with Crippen molar-refractivity contribution >= 4 is 41.1 Å². The quantitative estimate of drug-likeness (QED) is 0.515. The van der Waals surface area contributed by atoms with E-state index in [0.29, 0.717) is 21.5 Å². The second-order valence-electron chi connectivity index (χ2n) is 8.32. The fourth-order valence-corrected chi connectivity index (χ4v) is 6.52. The fourth-order valence-electron chi connectivity index (χ4n) is 4.51. The second kappa shape index (κ2) is 9.71. The highest BCUT2D eigenvalue weighted by molar-refractivity contribution is 7.99. The third-order valence-electron chi connectivity index (χ3n) is 6.20. The number of aliphatic carboxylic acids is 1. The summed E-state index contributed by atoms with van der Waals surface area (Å²) in [5, 5.41) is 12.6. The minimum Gasteiger partial charge on any atom is -0.480 e. The van der Waals surface area contributed by atoms with Gasteiger partial charge in [-0.2, -0.15) is 0 Å². The maximum Gasteiger partial charge on any atom is 0.407 e. The molecule has 1 fully saturated rings. The Labute approximate surface area is 210 Å². The third kappa shape index (κ3) is 4.51. The molecule has 2 aliphatic rings. The Morgan fingerprint density at radius 3 is 2.43 bits per heavy atom. The number of thioether (sulfide) groups is 1. The lowest BCUT2D eigenvalue weighted by Gasteiger charge is -2.19. The van der Waals surface area contributed by atoms with Crippen molar-refractivity contribution in [3.8, 4) is 11.1 Å². The Bertz CT molecular complexity index is 1260. The molecule has 0 spiro atoms. The highest BCUT2D eigenvalue weighted by Gasteiger charge is 2.36. The zero-order valence-electron chi connectivity index (χ0n) is 18.9. The van der Waals surface area contributed by atoms with Crippen molar-refractivity contribution in [1.29, 1.82) is 0 Å². The van der Waals surface area contributed by atoms with Gasteiger partial charge in [-0.3, -0.25) is 4.79 Å². The summed E-state index contributed by atoms with van der Waals surface area (Å²) in [7, 11) is 0. The van der Waals surface area contributed by atoms with Gasteiger partial charge in [0.2, 0.25) is 0 Å². The van der Waals surface area contributed by atoms with Gasteiger partial charge in [0, 0.05) is 16.5 Å². The van der Waals surface area contributed by atoms with Crippen LogP contribution in [-0.2, 0) is 16.1 Å². The third-order valence-corrected chi connectivity index (χ3v) is 8.18. The summed E-state index contributed by atoms with van der Waals surface area (Å²) >= 11 is 2.70. The Morgan fingerprint density at radius 1 is 1.11 bits per heavy atom. The topological polar surface area (TPSA) is 109 Å². The number of carbonyl (C=O) groups is 3. The zero-order chi connectivity index (χ0) is 24.5. The number of amides is 2. The number of thiazole rings is 1. The number of ether oxygens (including phenoxy) is 1. The van der Waals surface area contributed by atoms with E-state index in [4.69, 9.17) is 4.74 Å². The number of carboxylic acids is 1. The number of aromatic nitrogens is 1. The van der Waals surface area contributed by atoms with Crippen LogP contribution in [-0.4, -0.2) is 57.2 Å². The Morgan fingerprint density at radius 2 is 1.77 bits per heavy atom. The number of aryl methyl sites for hydroxylation is 1. The van der Waals surface area contributed by atoms with E-state index in [-0.39, 0.29) is 24.8 Å². The van der Waals surface area contributed by atoms with Gasteiger partial charge in [0.05, 0.1) is 12.4 Å². The standard InChI is InChI=1S/C25H23N3O5S2/c1-14-22(23(29)28-13-34-12-20(28)24(30)31)27-21(35-14)10-26-25(32)33-11-19-17-8-4-2-6-15(17)16-7-3-5-9-18(16)19/h2-9,19-20H,10-13H2,1H3,(H,26,32)(H,30,31)/t20-/m0/s1. The second-order valence-corrected chi connectivity index (χ2v) is 10.6. The van der Waals surface area contributed by atoms with E-state index >= 15 is 0 Å². The molecular formula is C25H23N3O5S2. The van der Waals surface area contributed by atoms with Gasteiger partial charge < -0.3 is 20.1 Å².